The quantitative estimate of drug-likeness (QED) is 0.346. The third kappa shape index (κ3) is 2.74. The highest BCUT2D eigenvalue weighted by Crippen LogP contribution is 2.56. The van der Waals surface area contributed by atoms with Crippen LogP contribution in [0.15, 0.2) is 41.5 Å². The van der Waals surface area contributed by atoms with Crippen molar-refractivity contribution in [3.63, 3.8) is 0 Å². The molecule has 0 radical (unpaired) electrons. The molecule has 0 aromatic heterocycles. The van der Waals surface area contributed by atoms with Crippen molar-refractivity contribution in [2.45, 2.75) is 25.3 Å². The number of phenols is 1. The molecule has 23 heavy (non-hydrogen) atoms. The van der Waals surface area contributed by atoms with E-state index >= 15 is 0 Å². The molecule has 0 saturated heterocycles. The maximum absolute atomic E-state index is 9.69. The van der Waals surface area contributed by atoms with Crippen LogP contribution in [0, 0.1) is 23.7 Å². The molecule has 0 amide bonds. The van der Waals surface area contributed by atoms with Crippen LogP contribution in [0.4, 0.5) is 0 Å². The molecule has 0 spiro atoms. The van der Waals surface area contributed by atoms with Crippen LogP contribution >= 0.6 is 12.2 Å². The minimum absolute atomic E-state index is 0.212. The minimum Gasteiger partial charge on any atom is -0.507 e. The zero-order chi connectivity index (χ0) is 15.8. The van der Waals surface area contributed by atoms with Gasteiger partial charge in [-0.25, -0.2) is 0 Å². The molecule has 3 aliphatic carbocycles. The number of para-hydroxylation sites is 1. The number of fused-ring (bicyclic) bond motifs is 5. The van der Waals surface area contributed by atoms with Gasteiger partial charge in [0.05, 0.1) is 6.21 Å². The Morgan fingerprint density at radius 3 is 3.00 bits per heavy atom. The number of hydrogen-bond acceptors (Lipinski definition) is 3. The molecule has 3 aliphatic rings. The van der Waals surface area contributed by atoms with Crippen molar-refractivity contribution in [3.8, 4) is 5.75 Å². The number of nitrogens with one attached hydrogen (secondary N) is 2. The Balaban J connectivity index is 1.31. The van der Waals surface area contributed by atoms with E-state index in [1.807, 2.05) is 6.07 Å². The fourth-order valence-corrected chi connectivity index (χ4v) is 4.87. The second-order valence-corrected chi connectivity index (χ2v) is 7.22. The maximum Gasteiger partial charge on any atom is 0.187 e. The lowest BCUT2D eigenvalue weighted by atomic mass is 9.79. The van der Waals surface area contributed by atoms with Crippen LogP contribution in [0.1, 0.15) is 24.8 Å². The molecule has 0 heterocycles. The van der Waals surface area contributed by atoms with Crippen LogP contribution in [0.3, 0.4) is 0 Å². The van der Waals surface area contributed by atoms with E-state index in [9.17, 15) is 5.11 Å². The number of allylic oxidation sites excluding steroid dienone is 2. The van der Waals surface area contributed by atoms with Gasteiger partial charge in [0.2, 0.25) is 0 Å². The lowest BCUT2D eigenvalue weighted by molar-refractivity contribution is 0.246. The van der Waals surface area contributed by atoms with E-state index in [0.717, 1.165) is 17.8 Å². The average molecular weight is 327 g/mol. The highest BCUT2D eigenvalue weighted by atomic mass is 32.1. The molecule has 5 heteroatoms. The van der Waals surface area contributed by atoms with Crippen molar-refractivity contribution in [1.29, 1.82) is 0 Å². The third-order valence-electron chi connectivity index (χ3n) is 5.63. The normalized spacial score (nSPS) is 34.0. The molecule has 2 bridgehead atoms. The van der Waals surface area contributed by atoms with Crippen LogP contribution in [0.5, 0.6) is 5.75 Å². The summed E-state index contributed by atoms with van der Waals surface area (Å²) in [6.45, 7) is 0. The van der Waals surface area contributed by atoms with E-state index < -0.39 is 0 Å². The van der Waals surface area contributed by atoms with Gasteiger partial charge in [0.1, 0.15) is 5.75 Å². The first-order chi connectivity index (χ1) is 11.2. The van der Waals surface area contributed by atoms with E-state index in [2.05, 4.69) is 28.0 Å². The fourth-order valence-electron chi connectivity index (χ4n) is 4.67. The van der Waals surface area contributed by atoms with Gasteiger partial charge in [-0.05, 0) is 67.3 Å². The van der Waals surface area contributed by atoms with Crippen molar-refractivity contribution >= 4 is 23.5 Å². The van der Waals surface area contributed by atoms with Crippen LogP contribution in [0.2, 0.25) is 0 Å². The first kappa shape index (κ1) is 14.7. The summed E-state index contributed by atoms with van der Waals surface area (Å²) in [6.07, 6.45) is 10.2. The Morgan fingerprint density at radius 1 is 1.26 bits per heavy atom. The zero-order valence-electron chi connectivity index (χ0n) is 12.9. The van der Waals surface area contributed by atoms with Crippen LogP contribution < -0.4 is 10.7 Å². The van der Waals surface area contributed by atoms with Gasteiger partial charge in [0, 0.05) is 11.6 Å². The molecule has 0 unspecified atom stereocenters. The van der Waals surface area contributed by atoms with E-state index in [1.165, 1.54) is 19.3 Å². The van der Waals surface area contributed by atoms with Gasteiger partial charge in [-0.3, -0.25) is 5.43 Å². The number of benzene rings is 1. The number of nitrogens with zero attached hydrogens (tertiary/aromatic N) is 1. The Hall–Kier alpha value is -1.88. The van der Waals surface area contributed by atoms with E-state index in [0.29, 0.717) is 22.6 Å². The summed E-state index contributed by atoms with van der Waals surface area (Å²) in [7, 11) is 0. The topological polar surface area (TPSA) is 56.7 Å². The summed E-state index contributed by atoms with van der Waals surface area (Å²) < 4.78 is 0. The minimum atomic E-state index is 0.212. The molecule has 2 fully saturated rings. The van der Waals surface area contributed by atoms with E-state index in [-0.39, 0.29) is 5.75 Å². The number of hydrogen-bond donors (Lipinski definition) is 3. The summed E-state index contributed by atoms with van der Waals surface area (Å²) in [5.41, 5.74) is 3.53. The van der Waals surface area contributed by atoms with Crippen molar-refractivity contribution in [2.24, 2.45) is 28.8 Å². The second kappa shape index (κ2) is 5.96. The molecular weight excluding hydrogens is 306 g/mol. The molecule has 1 aromatic carbocycles. The van der Waals surface area contributed by atoms with Crippen molar-refractivity contribution in [1.82, 2.24) is 10.7 Å². The van der Waals surface area contributed by atoms with Crippen LogP contribution in [-0.2, 0) is 0 Å². The predicted octanol–water partition coefficient (Wildman–Crippen LogP) is 2.79. The first-order valence-electron chi connectivity index (χ1n) is 8.26. The first-order valence-corrected chi connectivity index (χ1v) is 8.67. The van der Waals surface area contributed by atoms with Gasteiger partial charge in [0.25, 0.3) is 0 Å². The summed E-state index contributed by atoms with van der Waals surface area (Å²) >= 11 is 5.36. The van der Waals surface area contributed by atoms with Gasteiger partial charge in [-0.1, -0.05) is 24.3 Å². The molecule has 2 saturated carbocycles. The lowest BCUT2D eigenvalue weighted by Gasteiger charge is -2.32. The summed E-state index contributed by atoms with van der Waals surface area (Å²) in [5.74, 6) is 3.41. The molecule has 1 aromatic rings. The number of phenolic OH excluding ortho intramolecular Hbond substituents is 1. The number of hydrazone groups is 1. The summed E-state index contributed by atoms with van der Waals surface area (Å²) in [4.78, 5) is 0. The Labute approximate surface area is 141 Å². The molecule has 3 N–H and O–H groups in total. The SMILES string of the molecule is Oc1ccccc1/C=N\NC(=S)N[C@H]1C[C@@H]2C[C@@H]1[C@H]1C=CC[C@H]21. The fraction of sp³-hybridized carbons (Fsp3) is 0.444. The highest BCUT2D eigenvalue weighted by molar-refractivity contribution is 7.80. The predicted molar refractivity (Wildman–Crippen MR) is 95.3 cm³/mol. The molecule has 0 aliphatic heterocycles. The Morgan fingerprint density at radius 2 is 2.13 bits per heavy atom. The lowest BCUT2D eigenvalue weighted by Crippen LogP contribution is -2.45. The summed E-state index contributed by atoms with van der Waals surface area (Å²) in [5, 5.41) is 17.8. The van der Waals surface area contributed by atoms with E-state index in [4.69, 9.17) is 12.2 Å². The Bertz CT molecular complexity index is 672. The van der Waals surface area contributed by atoms with Gasteiger partial charge >= 0.3 is 0 Å². The second-order valence-electron chi connectivity index (χ2n) is 6.81. The smallest absolute Gasteiger partial charge is 0.187 e. The Kier molecular flexibility index (Phi) is 3.81. The number of thiocarbonyl (C=S) groups is 1. The molecular formula is C18H21N3OS. The molecule has 4 rings (SSSR count). The van der Waals surface area contributed by atoms with Gasteiger partial charge in [0.15, 0.2) is 5.11 Å². The van der Waals surface area contributed by atoms with Gasteiger partial charge < -0.3 is 10.4 Å². The van der Waals surface area contributed by atoms with Crippen LogP contribution in [0.25, 0.3) is 0 Å². The zero-order valence-corrected chi connectivity index (χ0v) is 13.7. The van der Waals surface area contributed by atoms with Crippen molar-refractivity contribution in [3.05, 3.63) is 42.0 Å². The van der Waals surface area contributed by atoms with Crippen molar-refractivity contribution < 1.29 is 5.11 Å². The maximum atomic E-state index is 9.69. The summed E-state index contributed by atoms with van der Waals surface area (Å²) in [6, 6.07) is 7.55. The molecule has 120 valence electrons. The monoisotopic (exact) mass is 327 g/mol. The average Bonchev–Trinajstić information content (AvgIpc) is 3.21. The highest BCUT2D eigenvalue weighted by Gasteiger charge is 2.52. The molecule has 4 nitrogen and oxygen atoms in total. The van der Waals surface area contributed by atoms with E-state index in [1.54, 1.807) is 24.4 Å². The number of rotatable bonds is 3. The largest absolute Gasteiger partial charge is 0.507 e. The molecule has 5 atom stereocenters. The van der Waals surface area contributed by atoms with Crippen molar-refractivity contribution in [2.75, 3.05) is 0 Å². The van der Waals surface area contributed by atoms with Crippen LogP contribution in [-0.4, -0.2) is 22.5 Å². The third-order valence-corrected chi connectivity index (χ3v) is 5.84. The number of aromatic hydroxyl groups is 1. The van der Waals surface area contributed by atoms with Gasteiger partial charge in [-0.15, -0.1) is 0 Å². The van der Waals surface area contributed by atoms with Gasteiger partial charge in [-0.2, -0.15) is 5.10 Å². The standard InChI is InChI=1S/C18H21N3OS/c22-17-7-2-1-4-11(17)10-19-21-18(23)20-16-9-12-8-15(16)14-6-3-5-13(12)14/h1-4,6-7,10,12-16,22H,5,8-9H2,(H2,20,21,23)/b19-10-/t12-,13+,14-,15+,16-/m0/s1.